The zero-order chi connectivity index (χ0) is 11.3. The van der Waals surface area contributed by atoms with Crippen LogP contribution in [0.15, 0.2) is 42.0 Å². The first-order valence-electron chi connectivity index (χ1n) is 5.03. The van der Waals surface area contributed by atoms with E-state index in [1.54, 1.807) is 0 Å². The molecule has 1 heteroatoms. The van der Waals surface area contributed by atoms with Crippen molar-refractivity contribution in [3.05, 3.63) is 47.5 Å². The zero-order valence-corrected chi connectivity index (χ0v) is 9.45. The van der Waals surface area contributed by atoms with Crippen LogP contribution in [0.4, 0.5) is 0 Å². The Morgan fingerprint density at radius 1 is 1.20 bits per heavy atom. The van der Waals surface area contributed by atoms with Crippen LogP contribution in [0.5, 0.6) is 0 Å². The quantitative estimate of drug-likeness (QED) is 0.527. The minimum atomic E-state index is -0.146. The van der Waals surface area contributed by atoms with Crippen molar-refractivity contribution in [3.8, 4) is 0 Å². The van der Waals surface area contributed by atoms with Crippen LogP contribution >= 0.6 is 0 Å². The van der Waals surface area contributed by atoms with E-state index in [-0.39, 0.29) is 5.41 Å². The van der Waals surface area contributed by atoms with Crippen molar-refractivity contribution in [2.45, 2.75) is 20.8 Å². The van der Waals surface area contributed by atoms with Crippen molar-refractivity contribution >= 4 is 12.0 Å². The third-order valence-corrected chi connectivity index (χ3v) is 2.16. The number of rotatable bonds is 2. The van der Waals surface area contributed by atoms with Crippen LogP contribution in [-0.4, -0.2) is 5.94 Å². The Bertz CT molecular complexity index is 387. The average molecular weight is 200 g/mol. The first-order chi connectivity index (χ1) is 7.04. The molecule has 0 aromatic heterocycles. The van der Waals surface area contributed by atoms with Gasteiger partial charge in [-0.3, -0.25) is 0 Å². The standard InChI is InChI=1S/C14H16O/c1-14(2,3)13(11-15)10-9-12-7-5-4-6-8-12/h4-10H,1-3H3. The van der Waals surface area contributed by atoms with E-state index < -0.39 is 0 Å². The van der Waals surface area contributed by atoms with Gasteiger partial charge >= 0.3 is 0 Å². The van der Waals surface area contributed by atoms with E-state index in [2.05, 4.69) is 0 Å². The van der Waals surface area contributed by atoms with Gasteiger partial charge in [0.2, 0.25) is 0 Å². The Kier molecular flexibility index (Phi) is 3.65. The fourth-order valence-electron chi connectivity index (χ4n) is 1.18. The molecule has 1 aromatic carbocycles. The maximum Gasteiger partial charge on any atom is 0.128 e. The lowest BCUT2D eigenvalue weighted by molar-refractivity contribution is 0.509. The van der Waals surface area contributed by atoms with Gasteiger partial charge in [0.1, 0.15) is 5.94 Å². The van der Waals surface area contributed by atoms with E-state index in [4.69, 9.17) is 0 Å². The van der Waals surface area contributed by atoms with Gasteiger partial charge in [-0.15, -0.1) is 0 Å². The van der Waals surface area contributed by atoms with Gasteiger partial charge in [-0.25, -0.2) is 4.79 Å². The van der Waals surface area contributed by atoms with Gasteiger partial charge in [-0.1, -0.05) is 57.2 Å². The van der Waals surface area contributed by atoms with E-state index in [9.17, 15) is 4.79 Å². The molecule has 0 N–H and O–H groups in total. The van der Waals surface area contributed by atoms with Crippen molar-refractivity contribution in [2.75, 3.05) is 0 Å². The monoisotopic (exact) mass is 200 g/mol. The highest BCUT2D eigenvalue weighted by molar-refractivity contribution is 5.65. The smallest absolute Gasteiger partial charge is 0.128 e. The van der Waals surface area contributed by atoms with Gasteiger partial charge < -0.3 is 0 Å². The second kappa shape index (κ2) is 4.77. The minimum absolute atomic E-state index is 0.146. The molecule has 0 atom stereocenters. The molecule has 0 amide bonds. The molecule has 15 heavy (non-hydrogen) atoms. The molecule has 1 aromatic rings. The molecule has 0 aliphatic heterocycles. The van der Waals surface area contributed by atoms with Crippen LogP contribution in [0.2, 0.25) is 0 Å². The molecule has 0 aliphatic rings. The van der Waals surface area contributed by atoms with Crippen molar-refractivity contribution < 1.29 is 4.79 Å². The van der Waals surface area contributed by atoms with Gasteiger partial charge in [-0.05, 0) is 17.1 Å². The highest BCUT2D eigenvalue weighted by Gasteiger charge is 2.15. The summed E-state index contributed by atoms with van der Waals surface area (Å²) in [5.74, 6) is 1.99. The maximum atomic E-state index is 10.8. The summed E-state index contributed by atoms with van der Waals surface area (Å²) in [7, 11) is 0. The van der Waals surface area contributed by atoms with Crippen molar-refractivity contribution in [1.82, 2.24) is 0 Å². The van der Waals surface area contributed by atoms with Crippen LogP contribution < -0.4 is 0 Å². The van der Waals surface area contributed by atoms with Gasteiger partial charge in [0.05, 0.1) is 0 Å². The molecule has 0 saturated carbocycles. The van der Waals surface area contributed by atoms with Crippen molar-refractivity contribution in [3.63, 3.8) is 0 Å². The normalized spacial score (nSPS) is 11.4. The van der Waals surface area contributed by atoms with Crippen LogP contribution in [0.25, 0.3) is 6.08 Å². The first-order valence-corrected chi connectivity index (χ1v) is 5.03. The van der Waals surface area contributed by atoms with Crippen LogP contribution in [0, 0.1) is 5.41 Å². The number of hydrogen-bond acceptors (Lipinski definition) is 1. The third-order valence-electron chi connectivity index (χ3n) is 2.16. The lowest BCUT2D eigenvalue weighted by Gasteiger charge is -2.16. The molecule has 0 fully saturated rings. The van der Waals surface area contributed by atoms with Gasteiger partial charge in [0, 0.05) is 5.57 Å². The highest BCUT2D eigenvalue weighted by Crippen LogP contribution is 2.24. The molecule has 0 unspecified atom stereocenters. The summed E-state index contributed by atoms with van der Waals surface area (Å²) in [4.78, 5) is 10.8. The predicted molar refractivity (Wildman–Crippen MR) is 64.1 cm³/mol. The molecule has 78 valence electrons. The minimum Gasteiger partial charge on any atom is -0.233 e. The van der Waals surface area contributed by atoms with Crippen LogP contribution in [-0.2, 0) is 4.79 Å². The molecule has 1 nitrogen and oxygen atoms in total. The summed E-state index contributed by atoms with van der Waals surface area (Å²) in [5, 5.41) is 0. The van der Waals surface area contributed by atoms with E-state index in [1.165, 1.54) is 0 Å². The summed E-state index contributed by atoms with van der Waals surface area (Å²) in [6.07, 6.45) is 3.77. The fourth-order valence-corrected chi connectivity index (χ4v) is 1.18. The van der Waals surface area contributed by atoms with E-state index >= 15 is 0 Å². The largest absolute Gasteiger partial charge is 0.233 e. The Balaban J connectivity index is 2.87. The van der Waals surface area contributed by atoms with Crippen molar-refractivity contribution in [1.29, 1.82) is 0 Å². The molecule has 0 saturated heterocycles. The maximum absolute atomic E-state index is 10.8. The topological polar surface area (TPSA) is 17.1 Å². The molecule has 0 heterocycles. The van der Waals surface area contributed by atoms with E-state index in [0.717, 1.165) is 5.56 Å². The SMILES string of the molecule is CC(C)(C)C(=C=O)C=Cc1ccccc1. The molecule has 0 aliphatic carbocycles. The van der Waals surface area contributed by atoms with Crippen LogP contribution in [0.3, 0.4) is 0 Å². The van der Waals surface area contributed by atoms with Gasteiger partial charge in [0.25, 0.3) is 0 Å². The second-order valence-electron chi connectivity index (χ2n) is 4.51. The Labute approximate surface area is 91.1 Å². The lowest BCUT2D eigenvalue weighted by Crippen LogP contribution is -2.07. The Morgan fingerprint density at radius 2 is 1.80 bits per heavy atom. The fraction of sp³-hybridized carbons (Fsp3) is 0.286. The number of carbonyl (C=O) groups excluding carboxylic acids is 1. The summed E-state index contributed by atoms with van der Waals surface area (Å²) in [6.45, 7) is 6.01. The highest BCUT2D eigenvalue weighted by atomic mass is 16.1. The Morgan fingerprint density at radius 3 is 2.27 bits per heavy atom. The molecular formula is C14H16O. The van der Waals surface area contributed by atoms with Gasteiger partial charge in [0.15, 0.2) is 0 Å². The van der Waals surface area contributed by atoms with E-state index in [0.29, 0.717) is 5.57 Å². The molecule has 0 spiro atoms. The zero-order valence-electron chi connectivity index (χ0n) is 9.45. The van der Waals surface area contributed by atoms with Crippen molar-refractivity contribution in [2.24, 2.45) is 5.41 Å². The van der Waals surface area contributed by atoms with Gasteiger partial charge in [-0.2, -0.15) is 0 Å². The number of benzene rings is 1. The predicted octanol–water partition coefficient (Wildman–Crippen LogP) is 3.50. The summed E-state index contributed by atoms with van der Waals surface area (Å²) < 4.78 is 0. The Hall–Kier alpha value is -1.59. The molecule has 0 bridgehead atoms. The first kappa shape index (κ1) is 11.5. The lowest BCUT2D eigenvalue weighted by atomic mass is 9.87. The summed E-state index contributed by atoms with van der Waals surface area (Å²) in [5.41, 5.74) is 1.63. The molecule has 1 rings (SSSR count). The molecule has 0 radical (unpaired) electrons. The number of hydrogen-bond donors (Lipinski definition) is 0. The second-order valence-corrected chi connectivity index (χ2v) is 4.51. The molecular weight excluding hydrogens is 184 g/mol. The van der Waals surface area contributed by atoms with E-state index in [1.807, 2.05) is 69.2 Å². The number of allylic oxidation sites excluding steroid dienone is 2. The third kappa shape index (κ3) is 3.57. The average Bonchev–Trinajstić information content (AvgIpc) is 2.18. The summed E-state index contributed by atoms with van der Waals surface area (Å²) >= 11 is 0. The van der Waals surface area contributed by atoms with Crippen LogP contribution in [0.1, 0.15) is 26.3 Å². The summed E-state index contributed by atoms with van der Waals surface area (Å²) in [6, 6.07) is 9.92.